The van der Waals surface area contributed by atoms with E-state index in [2.05, 4.69) is 0 Å². The molecule has 0 fully saturated rings. The first-order valence-corrected chi connectivity index (χ1v) is 8.81. The van der Waals surface area contributed by atoms with Crippen LogP contribution in [0.3, 0.4) is 0 Å². The number of hydrogen-bond acceptors (Lipinski definition) is 4. The molecule has 0 saturated heterocycles. The normalized spacial score (nSPS) is 11.8. The van der Waals surface area contributed by atoms with Gasteiger partial charge in [0, 0.05) is 5.39 Å². The van der Waals surface area contributed by atoms with E-state index in [4.69, 9.17) is 4.42 Å². The monoisotopic (exact) mass is 336 g/mol. The van der Waals surface area contributed by atoms with Crippen molar-refractivity contribution in [3.63, 3.8) is 0 Å². The van der Waals surface area contributed by atoms with Crippen molar-refractivity contribution in [1.29, 1.82) is 0 Å². The van der Waals surface area contributed by atoms with Crippen molar-refractivity contribution in [2.24, 2.45) is 0 Å². The van der Waals surface area contributed by atoms with Crippen LogP contribution in [0, 0.1) is 0 Å². The van der Waals surface area contributed by atoms with E-state index < -0.39 is 15.5 Å². The van der Waals surface area contributed by atoms with E-state index in [1.165, 1.54) is 12.1 Å². The van der Waals surface area contributed by atoms with Crippen LogP contribution in [0.25, 0.3) is 21.7 Å². The van der Waals surface area contributed by atoms with Crippen LogP contribution in [0.2, 0.25) is 0 Å². The summed E-state index contributed by atoms with van der Waals surface area (Å²) in [6, 6.07) is 20.4. The minimum Gasteiger partial charge on any atom is -0.422 e. The molecule has 0 unspecified atom stereocenters. The van der Waals surface area contributed by atoms with Gasteiger partial charge in [0.2, 0.25) is 9.84 Å². The van der Waals surface area contributed by atoms with Crippen LogP contribution >= 0.6 is 0 Å². The molecule has 0 N–H and O–H groups in total. The predicted molar refractivity (Wildman–Crippen MR) is 91.9 cm³/mol. The minimum atomic E-state index is -3.96. The largest absolute Gasteiger partial charge is 0.422 e. The molecule has 0 aliphatic heterocycles. The summed E-state index contributed by atoms with van der Waals surface area (Å²) in [4.78, 5) is 11.9. The maximum absolute atomic E-state index is 12.9. The SMILES string of the molecule is O=c1oc2ccccc2cc1S(=O)(=O)c1ccc2ccccc2c1. The number of fused-ring (bicyclic) bond motifs is 2. The summed E-state index contributed by atoms with van der Waals surface area (Å²) in [5.74, 6) is 0. The minimum absolute atomic E-state index is 0.0729. The van der Waals surface area contributed by atoms with Gasteiger partial charge in [-0.05, 0) is 35.0 Å². The zero-order chi connectivity index (χ0) is 16.7. The summed E-state index contributed by atoms with van der Waals surface area (Å²) < 4.78 is 30.9. The summed E-state index contributed by atoms with van der Waals surface area (Å²) in [6.07, 6.45) is 0. The molecule has 0 bridgehead atoms. The first kappa shape index (κ1) is 14.7. The van der Waals surface area contributed by atoms with Gasteiger partial charge in [-0.2, -0.15) is 0 Å². The van der Waals surface area contributed by atoms with Gasteiger partial charge in [0.05, 0.1) is 4.90 Å². The number of para-hydroxylation sites is 1. The number of sulfone groups is 1. The van der Waals surface area contributed by atoms with Gasteiger partial charge < -0.3 is 4.42 Å². The Morgan fingerprint density at radius 1 is 0.708 bits per heavy atom. The van der Waals surface area contributed by atoms with Crippen molar-refractivity contribution in [3.05, 3.63) is 83.2 Å². The Morgan fingerprint density at radius 2 is 1.38 bits per heavy atom. The highest BCUT2D eigenvalue weighted by Crippen LogP contribution is 2.25. The third-order valence-electron chi connectivity index (χ3n) is 3.93. The molecule has 3 aromatic carbocycles. The number of benzene rings is 3. The zero-order valence-corrected chi connectivity index (χ0v) is 13.3. The fraction of sp³-hybridized carbons (Fsp3) is 0. The summed E-state index contributed by atoms with van der Waals surface area (Å²) >= 11 is 0. The van der Waals surface area contributed by atoms with Crippen LogP contribution < -0.4 is 5.63 Å². The predicted octanol–water partition coefficient (Wildman–Crippen LogP) is 3.78. The molecule has 0 aliphatic rings. The lowest BCUT2D eigenvalue weighted by Crippen LogP contribution is -2.14. The van der Waals surface area contributed by atoms with Gasteiger partial charge in [-0.1, -0.05) is 48.5 Å². The number of rotatable bonds is 2. The molecule has 0 amide bonds. The van der Waals surface area contributed by atoms with Gasteiger partial charge in [0.15, 0.2) is 4.90 Å². The summed E-state index contributed by atoms with van der Waals surface area (Å²) in [5.41, 5.74) is -0.498. The second kappa shape index (κ2) is 5.32. The fourth-order valence-electron chi connectivity index (χ4n) is 2.69. The highest BCUT2D eigenvalue weighted by molar-refractivity contribution is 7.91. The van der Waals surface area contributed by atoms with E-state index in [-0.39, 0.29) is 9.79 Å². The van der Waals surface area contributed by atoms with Gasteiger partial charge in [0.25, 0.3) is 0 Å². The molecule has 0 radical (unpaired) electrons. The lowest BCUT2D eigenvalue weighted by Gasteiger charge is -2.06. The van der Waals surface area contributed by atoms with Gasteiger partial charge in [-0.25, -0.2) is 13.2 Å². The topological polar surface area (TPSA) is 64.3 Å². The van der Waals surface area contributed by atoms with E-state index in [1.54, 1.807) is 36.4 Å². The standard InChI is InChI=1S/C19H12O4S/c20-19-18(12-15-7-3-4-8-17(15)23-19)24(21,22)16-10-9-13-5-1-2-6-14(13)11-16/h1-12H. The lowest BCUT2D eigenvalue weighted by molar-refractivity contribution is 0.532. The molecular weight excluding hydrogens is 324 g/mol. The molecule has 1 aromatic heterocycles. The molecule has 5 heteroatoms. The van der Waals surface area contributed by atoms with E-state index >= 15 is 0 Å². The highest BCUT2D eigenvalue weighted by atomic mass is 32.2. The first-order chi connectivity index (χ1) is 11.6. The van der Waals surface area contributed by atoms with Crippen molar-refractivity contribution in [2.75, 3.05) is 0 Å². The maximum atomic E-state index is 12.9. The Balaban J connectivity index is 1.96. The van der Waals surface area contributed by atoms with Crippen molar-refractivity contribution in [2.45, 2.75) is 9.79 Å². The van der Waals surface area contributed by atoms with Crippen LogP contribution in [-0.4, -0.2) is 8.42 Å². The third-order valence-corrected chi connectivity index (χ3v) is 5.67. The molecule has 0 atom stereocenters. The van der Waals surface area contributed by atoms with Gasteiger partial charge in [-0.15, -0.1) is 0 Å². The molecule has 4 nitrogen and oxygen atoms in total. The summed E-state index contributed by atoms with van der Waals surface area (Å²) in [5, 5.41) is 2.29. The lowest BCUT2D eigenvalue weighted by atomic mass is 10.1. The molecule has 1 heterocycles. The molecule has 24 heavy (non-hydrogen) atoms. The second-order valence-corrected chi connectivity index (χ2v) is 7.37. The quantitative estimate of drug-likeness (QED) is 0.523. The molecule has 0 spiro atoms. The van der Waals surface area contributed by atoms with Crippen molar-refractivity contribution >= 4 is 31.6 Å². The molecular formula is C19H12O4S. The Morgan fingerprint density at radius 3 is 2.17 bits per heavy atom. The molecule has 4 aromatic rings. The van der Waals surface area contributed by atoms with Crippen LogP contribution in [0.5, 0.6) is 0 Å². The number of hydrogen-bond donors (Lipinski definition) is 0. The van der Waals surface area contributed by atoms with Crippen LogP contribution in [-0.2, 0) is 9.84 Å². The van der Waals surface area contributed by atoms with Gasteiger partial charge in [-0.3, -0.25) is 0 Å². The fourth-order valence-corrected chi connectivity index (χ4v) is 4.02. The smallest absolute Gasteiger partial charge is 0.355 e. The van der Waals surface area contributed by atoms with Crippen LogP contribution in [0.4, 0.5) is 0 Å². The summed E-state index contributed by atoms with van der Waals surface area (Å²) in [7, 11) is -3.96. The average Bonchev–Trinajstić information content (AvgIpc) is 2.60. The van der Waals surface area contributed by atoms with Crippen molar-refractivity contribution < 1.29 is 12.8 Å². The van der Waals surface area contributed by atoms with Gasteiger partial charge in [0.1, 0.15) is 5.58 Å². The third kappa shape index (κ3) is 2.30. The van der Waals surface area contributed by atoms with E-state index in [0.717, 1.165) is 10.8 Å². The van der Waals surface area contributed by atoms with Crippen LogP contribution in [0.1, 0.15) is 0 Å². The van der Waals surface area contributed by atoms with Crippen molar-refractivity contribution in [1.82, 2.24) is 0 Å². The summed E-state index contributed by atoms with van der Waals surface area (Å²) in [6.45, 7) is 0. The molecule has 4 rings (SSSR count). The van der Waals surface area contributed by atoms with Crippen molar-refractivity contribution in [3.8, 4) is 0 Å². The Bertz CT molecular complexity index is 1240. The highest BCUT2D eigenvalue weighted by Gasteiger charge is 2.23. The Kier molecular flexibility index (Phi) is 3.25. The van der Waals surface area contributed by atoms with Crippen LogP contribution in [0.15, 0.2) is 91.8 Å². The van der Waals surface area contributed by atoms with Gasteiger partial charge >= 0.3 is 5.63 Å². The Hall–Kier alpha value is -2.92. The maximum Gasteiger partial charge on any atom is 0.355 e. The average molecular weight is 336 g/mol. The molecule has 0 aliphatic carbocycles. The molecule has 0 saturated carbocycles. The Labute approximate surface area is 137 Å². The first-order valence-electron chi connectivity index (χ1n) is 7.32. The zero-order valence-electron chi connectivity index (χ0n) is 12.5. The second-order valence-electron chi connectivity index (χ2n) is 5.45. The van der Waals surface area contributed by atoms with E-state index in [0.29, 0.717) is 11.0 Å². The van der Waals surface area contributed by atoms with E-state index in [9.17, 15) is 13.2 Å². The molecule has 118 valence electrons. The van der Waals surface area contributed by atoms with E-state index in [1.807, 2.05) is 24.3 Å².